The minimum atomic E-state index is 0.163. The Balaban J connectivity index is 1.92. The molecule has 2 aromatic carbocycles. The number of nitrogen functional groups attached to an aromatic ring is 1. The van der Waals surface area contributed by atoms with Gasteiger partial charge >= 0.3 is 0 Å². The molecule has 5 nitrogen and oxygen atoms in total. The second kappa shape index (κ2) is 6.50. The van der Waals surface area contributed by atoms with Gasteiger partial charge in [-0.3, -0.25) is 0 Å². The van der Waals surface area contributed by atoms with Crippen LogP contribution in [-0.2, 0) is 0 Å². The van der Waals surface area contributed by atoms with E-state index in [4.69, 9.17) is 5.73 Å². The van der Waals surface area contributed by atoms with Crippen LogP contribution in [0.2, 0.25) is 0 Å². The molecule has 3 rings (SSSR count). The van der Waals surface area contributed by atoms with E-state index in [0.717, 1.165) is 11.3 Å². The van der Waals surface area contributed by atoms with Crippen molar-refractivity contribution >= 4 is 17.5 Å². The summed E-state index contributed by atoms with van der Waals surface area (Å²) in [7, 11) is 0. The van der Waals surface area contributed by atoms with Crippen LogP contribution in [0.15, 0.2) is 60.8 Å². The summed E-state index contributed by atoms with van der Waals surface area (Å²) in [5.41, 5.74) is 7.97. The molecule has 112 valence electrons. The van der Waals surface area contributed by atoms with E-state index in [0.29, 0.717) is 11.4 Å². The molecule has 23 heavy (non-hydrogen) atoms. The second-order valence-electron chi connectivity index (χ2n) is 4.78. The number of aromatic nitrogens is 2. The highest BCUT2D eigenvalue weighted by Crippen LogP contribution is 2.20. The van der Waals surface area contributed by atoms with Gasteiger partial charge in [0.15, 0.2) is 5.82 Å². The van der Waals surface area contributed by atoms with E-state index in [1.807, 2.05) is 30.3 Å². The molecule has 0 fully saturated rings. The summed E-state index contributed by atoms with van der Waals surface area (Å²) in [5.74, 6) is 6.99. The Morgan fingerprint density at radius 2 is 1.70 bits per heavy atom. The Morgan fingerprint density at radius 3 is 2.43 bits per heavy atom. The lowest BCUT2D eigenvalue weighted by Crippen LogP contribution is -2.02. The van der Waals surface area contributed by atoms with Crippen molar-refractivity contribution in [2.45, 2.75) is 0 Å². The SMILES string of the molecule is Nc1ncc(C#Cc2ccccc2)c(Nc2ccc(O)cc2)n1. The number of anilines is 3. The third-order valence-electron chi connectivity index (χ3n) is 3.05. The standard InChI is InChI=1S/C18H14N4O/c19-18-20-12-14(7-6-13-4-2-1-3-5-13)17(22-18)21-15-8-10-16(23)11-9-15/h1-5,8-12,23H,(H3,19,20,21,22). The number of phenols is 1. The van der Waals surface area contributed by atoms with Crippen LogP contribution < -0.4 is 11.1 Å². The first-order valence-corrected chi connectivity index (χ1v) is 6.96. The topological polar surface area (TPSA) is 84.1 Å². The molecule has 0 bridgehead atoms. The summed E-state index contributed by atoms with van der Waals surface area (Å²) in [5, 5.41) is 12.5. The van der Waals surface area contributed by atoms with E-state index in [9.17, 15) is 5.11 Å². The number of hydrogen-bond donors (Lipinski definition) is 3. The number of nitrogens with zero attached hydrogens (tertiary/aromatic N) is 2. The molecule has 0 aliphatic heterocycles. The summed E-state index contributed by atoms with van der Waals surface area (Å²) in [6, 6.07) is 16.3. The van der Waals surface area contributed by atoms with Gasteiger partial charge in [0.05, 0.1) is 11.8 Å². The second-order valence-corrected chi connectivity index (χ2v) is 4.78. The Labute approximate surface area is 133 Å². The molecule has 4 N–H and O–H groups in total. The maximum Gasteiger partial charge on any atom is 0.222 e. The van der Waals surface area contributed by atoms with Crippen molar-refractivity contribution in [1.29, 1.82) is 0 Å². The number of rotatable bonds is 2. The molecule has 5 heteroatoms. The van der Waals surface area contributed by atoms with Gasteiger partial charge in [0.2, 0.25) is 5.95 Å². The van der Waals surface area contributed by atoms with Crippen molar-refractivity contribution in [3.8, 4) is 17.6 Å². The minimum absolute atomic E-state index is 0.163. The Hall–Kier alpha value is -3.52. The van der Waals surface area contributed by atoms with Crippen molar-refractivity contribution in [1.82, 2.24) is 9.97 Å². The van der Waals surface area contributed by atoms with Crippen LogP contribution in [0.3, 0.4) is 0 Å². The van der Waals surface area contributed by atoms with Gasteiger partial charge in [-0.25, -0.2) is 4.98 Å². The first kappa shape index (κ1) is 14.4. The summed E-state index contributed by atoms with van der Waals surface area (Å²) in [6.45, 7) is 0. The van der Waals surface area contributed by atoms with Gasteiger partial charge in [-0.1, -0.05) is 30.0 Å². The van der Waals surface area contributed by atoms with Gasteiger partial charge in [0.25, 0.3) is 0 Å². The predicted molar refractivity (Wildman–Crippen MR) is 90.3 cm³/mol. The molecule has 0 spiro atoms. The van der Waals surface area contributed by atoms with E-state index >= 15 is 0 Å². The fourth-order valence-electron chi connectivity index (χ4n) is 1.92. The van der Waals surface area contributed by atoms with E-state index in [1.165, 1.54) is 0 Å². The lowest BCUT2D eigenvalue weighted by Gasteiger charge is -2.08. The number of phenolic OH excluding ortho intramolecular Hbond substituents is 1. The first-order chi connectivity index (χ1) is 11.2. The molecule has 0 saturated carbocycles. The third kappa shape index (κ3) is 3.77. The van der Waals surface area contributed by atoms with E-state index in [2.05, 4.69) is 27.1 Å². The van der Waals surface area contributed by atoms with Crippen LogP contribution in [0.1, 0.15) is 11.1 Å². The smallest absolute Gasteiger partial charge is 0.222 e. The van der Waals surface area contributed by atoms with Crippen LogP contribution in [-0.4, -0.2) is 15.1 Å². The van der Waals surface area contributed by atoms with Gasteiger partial charge in [-0.15, -0.1) is 0 Å². The molecular formula is C18H14N4O. The maximum absolute atomic E-state index is 9.34. The van der Waals surface area contributed by atoms with Crippen molar-refractivity contribution < 1.29 is 5.11 Å². The number of hydrogen-bond acceptors (Lipinski definition) is 5. The van der Waals surface area contributed by atoms with Crippen molar-refractivity contribution in [3.63, 3.8) is 0 Å². The quantitative estimate of drug-likeness (QED) is 0.501. The lowest BCUT2D eigenvalue weighted by molar-refractivity contribution is 0.475. The summed E-state index contributed by atoms with van der Waals surface area (Å²) < 4.78 is 0. The average molecular weight is 302 g/mol. The molecule has 0 aliphatic rings. The number of benzene rings is 2. The average Bonchev–Trinajstić information content (AvgIpc) is 2.57. The van der Waals surface area contributed by atoms with Crippen molar-refractivity contribution in [2.24, 2.45) is 0 Å². The monoisotopic (exact) mass is 302 g/mol. The van der Waals surface area contributed by atoms with Crippen LogP contribution in [0.25, 0.3) is 0 Å². The van der Waals surface area contributed by atoms with Gasteiger partial charge in [-0.2, -0.15) is 4.98 Å². The first-order valence-electron chi connectivity index (χ1n) is 6.96. The van der Waals surface area contributed by atoms with Crippen LogP contribution in [0, 0.1) is 11.8 Å². The zero-order valence-electron chi connectivity index (χ0n) is 12.2. The normalized spacial score (nSPS) is 9.74. The number of nitrogens with one attached hydrogen (secondary N) is 1. The molecule has 1 aromatic heterocycles. The minimum Gasteiger partial charge on any atom is -0.508 e. The van der Waals surface area contributed by atoms with Gasteiger partial charge in [-0.05, 0) is 36.4 Å². The van der Waals surface area contributed by atoms with Crippen LogP contribution in [0.5, 0.6) is 5.75 Å². The fourth-order valence-corrected chi connectivity index (χ4v) is 1.92. The molecular weight excluding hydrogens is 288 g/mol. The molecule has 0 aliphatic carbocycles. The van der Waals surface area contributed by atoms with Gasteiger partial charge in [0, 0.05) is 11.3 Å². The summed E-state index contributed by atoms with van der Waals surface area (Å²) in [4.78, 5) is 8.19. The van der Waals surface area contributed by atoms with Gasteiger partial charge in [0.1, 0.15) is 5.75 Å². The highest BCUT2D eigenvalue weighted by molar-refractivity contribution is 5.65. The fraction of sp³-hybridized carbons (Fsp3) is 0. The number of aromatic hydroxyl groups is 1. The molecule has 3 aromatic rings. The highest BCUT2D eigenvalue weighted by atomic mass is 16.3. The largest absolute Gasteiger partial charge is 0.508 e. The highest BCUT2D eigenvalue weighted by Gasteiger charge is 2.05. The van der Waals surface area contributed by atoms with Crippen molar-refractivity contribution in [2.75, 3.05) is 11.1 Å². The molecule has 0 radical (unpaired) electrons. The van der Waals surface area contributed by atoms with E-state index < -0.39 is 0 Å². The third-order valence-corrected chi connectivity index (χ3v) is 3.05. The van der Waals surface area contributed by atoms with Gasteiger partial charge < -0.3 is 16.2 Å². The Kier molecular flexibility index (Phi) is 4.07. The molecule has 0 unspecified atom stereocenters. The molecule has 0 atom stereocenters. The lowest BCUT2D eigenvalue weighted by atomic mass is 10.2. The Morgan fingerprint density at radius 1 is 0.957 bits per heavy atom. The zero-order valence-corrected chi connectivity index (χ0v) is 12.2. The molecule has 1 heterocycles. The molecule has 0 amide bonds. The van der Waals surface area contributed by atoms with Crippen LogP contribution >= 0.6 is 0 Å². The van der Waals surface area contributed by atoms with E-state index in [-0.39, 0.29) is 11.7 Å². The maximum atomic E-state index is 9.34. The van der Waals surface area contributed by atoms with Crippen LogP contribution in [0.4, 0.5) is 17.5 Å². The summed E-state index contributed by atoms with van der Waals surface area (Å²) in [6.07, 6.45) is 1.58. The molecule has 0 saturated heterocycles. The zero-order chi connectivity index (χ0) is 16.1. The predicted octanol–water partition coefficient (Wildman–Crippen LogP) is 2.91. The van der Waals surface area contributed by atoms with Crippen molar-refractivity contribution in [3.05, 3.63) is 71.9 Å². The summed E-state index contributed by atoms with van der Waals surface area (Å²) >= 11 is 0. The Bertz CT molecular complexity index is 865. The number of nitrogens with two attached hydrogens (primary N) is 1. The van der Waals surface area contributed by atoms with E-state index in [1.54, 1.807) is 30.5 Å².